The molecular weight excluding hydrogens is 320 g/mol. The maximum Gasteiger partial charge on any atom is 0.137 e. The second kappa shape index (κ2) is 8.61. The first kappa shape index (κ1) is 18.1. The van der Waals surface area contributed by atoms with Crippen molar-refractivity contribution >= 4 is 17.3 Å². The lowest BCUT2D eigenvalue weighted by atomic mass is 9.96. The molecule has 26 heavy (non-hydrogen) atoms. The third-order valence-corrected chi connectivity index (χ3v) is 4.77. The molecule has 0 saturated carbocycles. The number of aryl methyl sites for hydroxylation is 1. The topological polar surface area (TPSA) is 42.0 Å². The van der Waals surface area contributed by atoms with E-state index in [-0.39, 0.29) is 5.78 Å². The lowest BCUT2D eigenvalue weighted by molar-refractivity contribution is -0.118. The molecule has 0 radical (unpaired) electrons. The van der Waals surface area contributed by atoms with Crippen molar-refractivity contribution in [3.8, 4) is 0 Å². The molecule has 1 atom stereocenters. The Labute approximate surface area is 155 Å². The highest BCUT2D eigenvalue weighted by Gasteiger charge is 2.09. The van der Waals surface area contributed by atoms with E-state index in [9.17, 15) is 4.79 Å². The van der Waals surface area contributed by atoms with Crippen molar-refractivity contribution in [1.82, 2.24) is 4.98 Å². The van der Waals surface area contributed by atoms with Gasteiger partial charge in [-0.25, -0.2) is 4.98 Å². The van der Waals surface area contributed by atoms with E-state index in [4.69, 9.17) is 0 Å². The molecule has 4 bridgehead atoms. The van der Waals surface area contributed by atoms with E-state index >= 15 is 0 Å². The summed E-state index contributed by atoms with van der Waals surface area (Å²) < 4.78 is 0. The van der Waals surface area contributed by atoms with E-state index < -0.39 is 0 Å². The van der Waals surface area contributed by atoms with Crippen molar-refractivity contribution < 1.29 is 4.79 Å². The summed E-state index contributed by atoms with van der Waals surface area (Å²) in [6.45, 7) is 6.13. The van der Waals surface area contributed by atoms with Gasteiger partial charge in [0.2, 0.25) is 0 Å². The Morgan fingerprint density at radius 2 is 2.04 bits per heavy atom. The van der Waals surface area contributed by atoms with Gasteiger partial charge in [-0.15, -0.1) is 0 Å². The maximum absolute atomic E-state index is 12.3. The molecule has 3 heteroatoms. The Morgan fingerprint density at radius 1 is 1.15 bits per heavy atom. The second-order valence-electron chi connectivity index (χ2n) is 7.05. The molecule has 3 rings (SSSR count). The maximum atomic E-state index is 12.3. The average molecular weight is 346 g/mol. The van der Waals surface area contributed by atoms with Crippen LogP contribution in [0.3, 0.4) is 0 Å². The normalized spacial score (nSPS) is 18.6. The smallest absolute Gasteiger partial charge is 0.137 e. The van der Waals surface area contributed by atoms with E-state index in [0.717, 1.165) is 36.3 Å². The third-order valence-electron chi connectivity index (χ3n) is 4.77. The molecule has 1 unspecified atom stereocenters. The minimum atomic E-state index is 0.287. The van der Waals surface area contributed by atoms with Gasteiger partial charge in [0.25, 0.3) is 0 Å². The molecule has 1 N–H and O–H groups in total. The number of nitrogens with one attached hydrogen (secondary N) is 1. The number of hydrogen-bond acceptors (Lipinski definition) is 3. The van der Waals surface area contributed by atoms with Crippen LogP contribution in [0.1, 0.15) is 37.3 Å². The largest absolute Gasteiger partial charge is 0.340 e. The molecule has 1 aromatic carbocycles. The van der Waals surface area contributed by atoms with Crippen LogP contribution in [0.4, 0.5) is 11.5 Å². The zero-order valence-corrected chi connectivity index (χ0v) is 15.4. The van der Waals surface area contributed by atoms with Gasteiger partial charge in [0.1, 0.15) is 11.6 Å². The van der Waals surface area contributed by atoms with Crippen LogP contribution in [0.25, 0.3) is 0 Å². The number of anilines is 2. The minimum absolute atomic E-state index is 0.287. The molecule has 1 aliphatic heterocycles. The van der Waals surface area contributed by atoms with Crippen molar-refractivity contribution in [3.63, 3.8) is 0 Å². The fourth-order valence-electron chi connectivity index (χ4n) is 3.30. The number of ketones is 1. The van der Waals surface area contributed by atoms with Gasteiger partial charge in [0.15, 0.2) is 0 Å². The van der Waals surface area contributed by atoms with Gasteiger partial charge in [-0.3, -0.25) is 4.79 Å². The quantitative estimate of drug-likeness (QED) is 0.750. The van der Waals surface area contributed by atoms with Crippen LogP contribution in [0.5, 0.6) is 0 Å². The molecule has 0 fully saturated rings. The Morgan fingerprint density at radius 3 is 2.88 bits per heavy atom. The highest BCUT2D eigenvalue weighted by atomic mass is 16.1. The van der Waals surface area contributed by atoms with E-state index in [2.05, 4.69) is 42.0 Å². The van der Waals surface area contributed by atoms with Gasteiger partial charge in [-0.2, -0.15) is 0 Å². The summed E-state index contributed by atoms with van der Waals surface area (Å²) in [4.78, 5) is 16.8. The Hall–Kier alpha value is -2.68. The van der Waals surface area contributed by atoms with E-state index in [0.29, 0.717) is 18.8 Å². The van der Waals surface area contributed by atoms with Gasteiger partial charge in [-0.05, 0) is 60.6 Å². The van der Waals surface area contributed by atoms with Crippen LogP contribution >= 0.6 is 0 Å². The molecular formula is C23H26N2O. The highest BCUT2D eigenvalue weighted by molar-refractivity contribution is 5.81. The zero-order valence-electron chi connectivity index (χ0n) is 15.4. The molecule has 0 spiro atoms. The second-order valence-corrected chi connectivity index (χ2v) is 7.05. The van der Waals surface area contributed by atoms with Crippen LogP contribution < -0.4 is 5.32 Å². The van der Waals surface area contributed by atoms with Crippen LogP contribution in [-0.2, 0) is 17.6 Å². The number of aromatic nitrogens is 1. The Bertz CT molecular complexity index is 822. The van der Waals surface area contributed by atoms with Gasteiger partial charge < -0.3 is 5.32 Å². The SMILES string of the molecule is C=CC1=CC(C)CCC(=O)Cc2cccc(c2)Nc2cc(ccn2)CC1. The Kier molecular flexibility index (Phi) is 6.00. The summed E-state index contributed by atoms with van der Waals surface area (Å²) in [5.74, 6) is 1.49. The summed E-state index contributed by atoms with van der Waals surface area (Å²) in [6, 6.07) is 12.2. The molecule has 1 aromatic heterocycles. The number of carbonyl (C=O) groups excluding carboxylic acids is 1. The molecule has 2 heterocycles. The van der Waals surface area contributed by atoms with E-state index in [1.807, 2.05) is 36.5 Å². The predicted octanol–water partition coefficient (Wildman–Crippen LogP) is 5.41. The van der Waals surface area contributed by atoms with Gasteiger partial charge >= 0.3 is 0 Å². The van der Waals surface area contributed by atoms with Crippen molar-refractivity contribution in [2.45, 2.75) is 39.0 Å². The number of carbonyl (C=O) groups is 1. The van der Waals surface area contributed by atoms with Crippen LogP contribution in [0.2, 0.25) is 0 Å². The monoisotopic (exact) mass is 346 g/mol. The molecule has 1 aliphatic rings. The number of fused-ring (bicyclic) bond motifs is 4. The lowest BCUT2D eigenvalue weighted by Gasteiger charge is -2.12. The number of rotatable bonds is 1. The van der Waals surface area contributed by atoms with Crippen LogP contribution in [0.15, 0.2) is 66.9 Å². The average Bonchev–Trinajstić information content (AvgIpc) is 2.63. The molecule has 134 valence electrons. The van der Waals surface area contributed by atoms with Gasteiger partial charge in [-0.1, -0.05) is 43.4 Å². The fraction of sp³-hybridized carbons (Fsp3) is 0.304. The number of hydrogen-bond donors (Lipinski definition) is 1. The highest BCUT2D eigenvalue weighted by Crippen LogP contribution is 2.21. The van der Waals surface area contributed by atoms with Crippen molar-refractivity contribution in [3.05, 3.63) is 78.0 Å². The van der Waals surface area contributed by atoms with Crippen molar-refractivity contribution in [2.75, 3.05) is 5.32 Å². The molecule has 0 saturated heterocycles. The minimum Gasteiger partial charge on any atom is -0.340 e. The van der Waals surface area contributed by atoms with Gasteiger partial charge in [0.05, 0.1) is 0 Å². The van der Waals surface area contributed by atoms with E-state index in [1.165, 1.54) is 11.1 Å². The van der Waals surface area contributed by atoms with Crippen LogP contribution in [-0.4, -0.2) is 10.8 Å². The summed E-state index contributed by atoms with van der Waals surface area (Å²) in [7, 11) is 0. The first-order valence-corrected chi connectivity index (χ1v) is 9.28. The number of allylic oxidation sites excluding steroid dienone is 3. The summed E-state index contributed by atoms with van der Waals surface area (Å²) in [5.41, 5.74) is 4.50. The zero-order chi connectivity index (χ0) is 18.4. The van der Waals surface area contributed by atoms with Gasteiger partial charge in [0, 0.05) is 24.7 Å². The number of nitrogens with zero attached hydrogens (tertiary/aromatic N) is 1. The third kappa shape index (κ3) is 5.16. The molecule has 0 aliphatic carbocycles. The molecule has 3 nitrogen and oxygen atoms in total. The van der Waals surface area contributed by atoms with Crippen LogP contribution in [0, 0.1) is 5.92 Å². The standard InChI is InChI=1S/C23H26N2O/c1-3-18-8-9-19-11-12-24-23(16-19)25-21-6-4-5-20(14-21)15-22(26)10-7-17(2)13-18/h3-6,11-14,16-17H,1,7-10,15H2,2H3,(H,24,25). The first-order valence-electron chi connectivity index (χ1n) is 9.28. The first-order chi connectivity index (χ1) is 12.6. The van der Waals surface area contributed by atoms with Crippen molar-refractivity contribution in [1.29, 1.82) is 0 Å². The summed E-state index contributed by atoms with van der Waals surface area (Å²) in [5, 5.41) is 3.36. The molecule has 2 aromatic rings. The summed E-state index contributed by atoms with van der Waals surface area (Å²) >= 11 is 0. The predicted molar refractivity (Wildman–Crippen MR) is 108 cm³/mol. The lowest BCUT2D eigenvalue weighted by Crippen LogP contribution is -2.06. The number of pyridine rings is 1. The van der Waals surface area contributed by atoms with E-state index in [1.54, 1.807) is 0 Å². The number of benzene rings is 1. The molecule has 0 amide bonds. The fourth-order valence-corrected chi connectivity index (χ4v) is 3.30. The number of Topliss-reactive ketones (excluding diaryl/α,β-unsaturated/α-hetero) is 1. The summed E-state index contributed by atoms with van der Waals surface area (Å²) in [6.07, 6.45) is 9.90. The van der Waals surface area contributed by atoms with Crippen molar-refractivity contribution in [2.24, 2.45) is 5.92 Å². The Balaban J connectivity index is 1.90.